The van der Waals surface area contributed by atoms with Gasteiger partial charge in [0.1, 0.15) is 0 Å². The Morgan fingerprint density at radius 3 is 1.53 bits per heavy atom. The first-order chi connectivity index (χ1) is 17.8. The third kappa shape index (κ3) is 3.41. The van der Waals surface area contributed by atoms with Gasteiger partial charge in [-0.15, -0.1) is 0 Å². The largest absolute Gasteiger partial charge is 0.208 e. The summed E-state index contributed by atoms with van der Waals surface area (Å²) < 4.78 is 0. The van der Waals surface area contributed by atoms with Crippen molar-refractivity contribution in [3.63, 3.8) is 0 Å². The molecule has 0 fully saturated rings. The Morgan fingerprint density at radius 2 is 0.806 bits per heavy atom. The highest BCUT2D eigenvalue weighted by atomic mass is 15.0. The molecule has 0 aliphatic carbocycles. The molecule has 3 heteroatoms. The van der Waals surface area contributed by atoms with Crippen molar-refractivity contribution >= 4 is 32.3 Å². The summed E-state index contributed by atoms with van der Waals surface area (Å²) in [7, 11) is 0. The van der Waals surface area contributed by atoms with E-state index < -0.39 is 0 Å². The smallest absolute Gasteiger partial charge is 0.164 e. The second-order valence-electron chi connectivity index (χ2n) is 8.89. The topological polar surface area (TPSA) is 38.7 Å². The average Bonchev–Trinajstić information content (AvgIpc) is 2.97. The molecule has 0 unspecified atom stereocenters. The lowest BCUT2D eigenvalue weighted by molar-refractivity contribution is 1.08. The van der Waals surface area contributed by atoms with E-state index in [1.807, 2.05) is 60.7 Å². The summed E-state index contributed by atoms with van der Waals surface area (Å²) in [6.07, 6.45) is 0. The molecule has 0 aliphatic heterocycles. The summed E-state index contributed by atoms with van der Waals surface area (Å²) >= 11 is 0. The van der Waals surface area contributed by atoms with Crippen LogP contribution in [0.15, 0.2) is 127 Å². The lowest BCUT2D eigenvalue weighted by Crippen LogP contribution is -2.00. The van der Waals surface area contributed by atoms with Gasteiger partial charge in [0.25, 0.3) is 0 Å². The molecule has 0 atom stereocenters. The van der Waals surface area contributed by atoms with Crippen molar-refractivity contribution in [1.82, 2.24) is 15.0 Å². The van der Waals surface area contributed by atoms with E-state index in [2.05, 4.69) is 66.7 Å². The molecule has 0 spiro atoms. The monoisotopic (exact) mass is 459 g/mol. The molecule has 0 N–H and O–H groups in total. The first-order valence-electron chi connectivity index (χ1n) is 12.1. The van der Waals surface area contributed by atoms with Crippen LogP contribution < -0.4 is 0 Å². The summed E-state index contributed by atoms with van der Waals surface area (Å²) in [6, 6.07) is 44.0. The molecule has 1 aromatic heterocycles. The molecule has 7 aromatic rings. The Labute approximate surface area is 208 Å². The highest BCUT2D eigenvalue weighted by molar-refractivity contribution is 6.19. The molecule has 7 rings (SSSR count). The molecule has 0 radical (unpaired) electrons. The fraction of sp³-hybridized carbons (Fsp3) is 0. The van der Waals surface area contributed by atoms with Gasteiger partial charge in [0.2, 0.25) is 0 Å². The van der Waals surface area contributed by atoms with Crippen LogP contribution in [0, 0.1) is 0 Å². The van der Waals surface area contributed by atoms with E-state index >= 15 is 0 Å². The van der Waals surface area contributed by atoms with Crippen LogP contribution in [0.5, 0.6) is 0 Å². The zero-order valence-corrected chi connectivity index (χ0v) is 19.5. The van der Waals surface area contributed by atoms with E-state index in [-0.39, 0.29) is 0 Å². The second-order valence-corrected chi connectivity index (χ2v) is 8.89. The van der Waals surface area contributed by atoms with Gasteiger partial charge in [0.15, 0.2) is 17.5 Å². The Balaban J connectivity index is 1.50. The lowest BCUT2D eigenvalue weighted by Gasteiger charge is -2.12. The molecule has 0 saturated carbocycles. The Hall–Kier alpha value is -4.89. The Morgan fingerprint density at radius 1 is 0.306 bits per heavy atom. The van der Waals surface area contributed by atoms with Gasteiger partial charge in [-0.3, -0.25) is 0 Å². The number of hydrogen-bond donors (Lipinski definition) is 0. The number of aromatic nitrogens is 3. The zero-order chi connectivity index (χ0) is 23.9. The van der Waals surface area contributed by atoms with Gasteiger partial charge in [-0.05, 0) is 32.3 Å². The van der Waals surface area contributed by atoms with Crippen molar-refractivity contribution in [2.75, 3.05) is 0 Å². The van der Waals surface area contributed by atoms with Gasteiger partial charge in [-0.25, -0.2) is 15.0 Å². The van der Waals surface area contributed by atoms with Gasteiger partial charge in [-0.2, -0.15) is 0 Å². The van der Waals surface area contributed by atoms with E-state index in [0.717, 1.165) is 22.1 Å². The lowest BCUT2D eigenvalue weighted by atomic mass is 9.95. The van der Waals surface area contributed by atoms with Crippen LogP contribution in [0.1, 0.15) is 0 Å². The minimum atomic E-state index is 0.670. The first-order valence-corrected chi connectivity index (χ1v) is 12.1. The number of nitrogens with zero attached hydrogens (tertiary/aromatic N) is 3. The van der Waals surface area contributed by atoms with Crippen molar-refractivity contribution in [2.45, 2.75) is 0 Å². The Bertz CT molecular complexity index is 1820. The third-order valence-electron chi connectivity index (χ3n) is 6.72. The number of rotatable bonds is 3. The van der Waals surface area contributed by atoms with Crippen LogP contribution in [0.2, 0.25) is 0 Å². The summed E-state index contributed by atoms with van der Waals surface area (Å²) in [5, 5.41) is 7.32. The van der Waals surface area contributed by atoms with E-state index in [9.17, 15) is 0 Å². The summed E-state index contributed by atoms with van der Waals surface area (Å²) in [5.74, 6) is 2.01. The van der Waals surface area contributed by atoms with Crippen LogP contribution in [0.3, 0.4) is 0 Å². The normalized spacial score (nSPS) is 11.3. The number of benzene rings is 6. The van der Waals surface area contributed by atoms with Crippen molar-refractivity contribution in [3.8, 4) is 34.2 Å². The maximum Gasteiger partial charge on any atom is 0.164 e. The van der Waals surface area contributed by atoms with E-state index in [1.165, 1.54) is 26.9 Å². The van der Waals surface area contributed by atoms with E-state index in [0.29, 0.717) is 17.5 Å². The predicted octanol–water partition coefficient (Wildman–Crippen LogP) is 8.33. The molecular weight excluding hydrogens is 438 g/mol. The summed E-state index contributed by atoms with van der Waals surface area (Å²) in [5.41, 5.74) is 2.94. The molecule has 3 nitrogen and oxygen atoms in total. The molecule has 0 amide bonds. The number of hydrogen-bond acceptors (Lipinski definition) is 3. The highest BCUT2D eigenvalue weighted by Gasteiger charge is 2.15. The minimum Gasteiger partial charge on any atom is -0.208 e. The third-order valence-corrected chi connectivity index (χ3v) is 6.72. The molecule has 0 saturated heterocycles. The average molecular weight is 460 g/mol. The van der Waals surface area contributed by atoms with Crippen LogP contribution in [0.4, 0.5) is 0 Å². The predicted molar refractivity (Wildman–Crippen MR) is 149 cm³/mol. The fourth-order valence-corrected chi connectivity index (χ4v) is 4.98. The van der Waals surface area contributed by atoms with Gasteiger partial charge < -0.3 is 0 Å². The molecule has 1 heterocycles. The van der Waals surface area contributed by atoms with Crippen molar-refractivity contribution in [1.29, 1.82) is 0 Å². The van der Waals surface area contributed by atoms with Gasteiger partial charge in [0.05, 0.1) is 0 Å². The summed E-state index contributed by atoms with van der Waals surface area (Å²) in [6.45, 7) is 0. The van der Waals surface area contributed by atoms with Crippen molar-refractivity contribution in [3.05, 3.63) is 127 Å². The zero-order valence-electron chi connectivity index (χ0n) is 19.5. The first kappa shape index (κ1) is 20.5. The van der Waals surface area contributed by atoms with Gasteiger partial charge in [0, 0.05) is 16.7 Å². The molecular formula is C33H21N3. The van der Waals surface area contributed by atoms with Gasteiger partial charge in [-0.1, -0.05) is 127 Å². The highest BCUT2D eigenvalue weighted by Crippen LogP contribution is 2.35. The van der Waals surface area contributed by atoms with E-state index in [1.54, 1.807) is 0 Å². The van der Waals surface area contributed by atoms with Crippen LogP contribution in [0.25, 0.3) is 66.5 Å². The molecule has 168 valence electrons. The minimum absolute atomic E-state index is 0.670. The molecule has 36 heavy (non-hydrogen) atoms. The molecule has 6 aromatic carbocycles. The standard InChI is InChI=1S/C33H21N3/c1-3-11-23(12-4-1)31-34-32(24-13-5-2-6-14-24)36-33(35-31)30-17-9-16-26-28-19-18-22-10-7-8-15-25(22)27(28)20-21-29(26)30/h1-21H. The summed E-state index contributed by atoms with van der Waals surface area (Å²) in [4.78, 5) is 14.8. The van der Waals surface area contributed by atoms with E-state index in [4.69, 9.17) is 15.0 Å². The van der Waals surface area contributed by atoms with Crippen LogP contribution in [-0.2, 0) is 0 Å². The van der Waals surface area contributed by atoms with Crippen molar-refractivity contribution in [2.24, 2.45) is 0 Å². The van der Waals surface area contributed by atoms with Crippen LogP contribution in [-0.4, -0.2) is 15.0 Å². The quantitative estimate of drug-likeness (QED) is 0.249. The second kappa shape index (κ2) is 8.40. The van der Waals surface area contributed by atoms with Crippen LogP contribution >= 0.6 is 0 Å². The Kier molecular flexibility index (Phi) is 4.78. The maximum absolute atomic E-state index is 4.96. The molecule has 0 bridgehead atoms. The molecule has 0 aliphatic rings. The number of fused-ring (bicyclic) bond motifs is 5. The maximum atomic E-state index is 4.96. The van der Waals surface area contributed by atoms with Gasteiger partial charge >= 0.3 is 0 Å². The fourth-order valence-electron chi connectivity index (χ4n) is 4.98. The SMILES string of the molecule is c1ccc(-c2nc(-c3ccccc3)nc(-c3cccc4c3ccc3c5ccccc5ccc43)n2)cc1. The van der Waals surface area contributed by atoms with Crippen molar-refractivity contribution < 1.29 is 0 Å².